The van der Waals surface area contributed by atoms with Gasteiger partial charge in [0.25, 0.3) is 5.91 Å². The molecule has 0 fully saturated rings. The minimum absolute atomic E-state index is 0.166. The highest BCUT2D eigenvalue weighted by Crippen LogP contribution is 2.26. The van der Waals surface area contributed by atoms with E-state index in [0.29, 0.717) is 15.6 Å². The molecule has 1 amide bonds. The number of carbonyl (C=O) groups is 1. The first-order valence-electron chi connectivity index (χ1n) is 5.85. The van der Waals surface area contributed by atoms with E-state index in [2.05, 4.69) is 10.3 Å². The second-order valence-electron chi connectivity index (χ2n) is 4.20. The number of nitrogens with zero attached hydrogens (tertiary/aromatic N) is 1. The van der Waals surface area contributed by atoms with Gasteiger partial charge in [-0.15, -0.1) is 0 Å². The number of aromatic nitrogens is 1. The molecule has 3 nitrogen and oxygen atoms in total. The molecule has 1 unspecified atom stereocenters. The molecule has 6 heteroatoms. The predicted molar refractivity (Wildman–Crippen MR) is 81.6 cm³/mol. The molecule has 1 heterocycles. The topological polar surface area (TPSA) is 42.0 Å². The highest BCUT2D eigenvalue weighted by molar-refractivity contribution is 6.35. The van der Waals surface area contributed by atoms with Crippen molar-refractivity contribution in [2.45, 2.75) is 13.0 Å². The molecule has 20 heavy (non-hydrogen) atoms. The summed E-state index contributed by atoms with van der Waals surface area (Å²) in [7, 11) is 0. The molecule has 1 N–H and O–H groups in total. The summed E-state index contributed by atoms with van der Waals surface area (Å²) in [4.78, 5) is 16.0. The summed E-state index contributed by atoms with van der Waals surface area (Å²) >= 11 is 17.8. The Labute approximate surface area is 131 Å². The maximum atomic E-state index is 12.1. The second kappa shape index (κ2) is 6.44. The molecule has 0 aliphatic rings. The van der Waals surface area contributed by atoms with Crippen molar-refractivity contribution in [2.75, 3.05) is 0 Å². The first kappa shape index (κ1) is 15.1. The Bertz CT molecular complexity index is 646. The van der Waals surface area contributed by atoms with Crippen LogP contribution in [0.4, 0.5) is 0 Å². The molecule has 0 bridgehead atoms. The molecular weight excluding hydrogens is 319 g/mol. The van der Waals surface area contributed by atoms with Gasteiger partial charge in [0.05, 0.1) is 11.6 Å². The lowest BCUT2D eigenvalue weighted by Gasteiger charge is -2.16. The van der Waals surface area contributed by atoms with Crippen molar-refractivity contribution < 1.29 is 4.79 Å². The van der Waals surface area contributed by atoms with E-state index >= 15 is 0 Å². The van der Waals surface area contributed by atoms with E-state index in [1.54, 1.807) is 30.3 Å². The molecule has 1 aromatic carbocycles. The average molecular weight is 330 g/mol. The lowest BCUT2D eigenvalue weighted by atomic mass is 10.1. The van der Waals surface area contributed by atoms with Gasteiger partial charge in [-0.1, -0.05) is 40.9 Å². The van der Waals surface area contributed by atoms with Crippen molar-refractivity contribution in [3.05, 3.63) is 62.9 Å². The van der Waals surface area contributed by atoms with Gasteiger partial charge in [-0.2, -0.15) is 0 Å². The number of rotatable bonds is 3. The van der Waals surface area contributed by atoms with E-state index in [1.165, 1.54) is 6.20 Å². The van der Waals surface area contributed by atoms with Gasteiger partial charge in [0.15, 0.2) is 0 Å². The van der Waals surface area contributed by atoms with Crippen molar-refractivity contribution in [2.24, 2.45) is 0 Å². The van der Waals surface area contributed by atoms with Gasteiger partial charge in [-0.05, 0) is 36.8 Å². The van der Waals surface area contributed by atoms with Gasteiger partial charge in [-0.25, -0.2) is 4.98 Å². The Morgan fingerprint density at radius 1 is 1.25 bits per heavy atom. The second-order valence-corrected chi connectivity index (χ2v) is 5.40. The van der Waals surface area contributed by atoms with Crippen LogP contribution in [0.1, 0.15) is 28.9 Å². The van der Waals surface area contributed by atoms with Crippen molar-refractivity contribution >= 4 is 40.7 Å². The number of nitrogens with one attached hydrogen (secondary N) is 1. The maximum Gasteiger partial charge on any atom is 0.254 e. The largest absolute Gasteiger partial charge is 0.345 e. The van der Waals surface area contributed by atoms with E-state index < -0.39 is 0 Å². The van der Waals surface area contributed by atoms with Gasteiger partial charge < -0.3 is 5.32 Å². The minimum atomic E-state index is -0.304. The van der Waals surface area contributed by atoms with Crippen molar-refractivity contribution in [1.29, 1.82) is 0 Å². The third kappa shape index (κ3) is 3.42. The van der Waals surface area contributed by atoms with E-state index in [4.69, 9.17) is 34.8 Å². The summed E-state index contributed by atoms with van der Waals surface area (Å²) in [5.41, 5.74) is 1.11. The van der Waals surface area contributed by atoms with Crippen LogP contribution in [0.5, 0.6) is 0 Å². The third-order valence-electron chi connectivity index (χ3n) is 2.78. The van der Waals surface area contributed by atoms with Crippen LogP contribution in [0.25, 0.3) is 0 Å². The van der Waals surface area contributed by atoms with Crippen LogP contribution in [0.15, 0.2) is 36.5 Å². The van der Waals surface area contributed by atoms with Crippen LogP contribution in [-0.2, 0) is 0 Å². The van der Waals surface area contributed by atoms with Gasteiger partial charge in [0.2, 0.25) is 0 Å². The summed E-state index contributed by atoms with van der Waals surface area (Å²) < 4.78 is 0. The molecule has 2 rings (SSSR count). The first-order chi connectivity index (χ1) is 9.49. The maximum absolute atomic E-state index is 12.1. The summed E-state index contributed by atoms with van der Waals surface area (Å²) in [5, 5.41) is 4.04. The van der Waals surface area contributed by atoms with Crippen LogP contribution in [-0.4, -0.2) is 10.9 Å². The summed E-state index contributed by atoms with van der Waals surface area (Å²) in [6.07, 6.45) is 1.53. The molecule has 1 atom stereocenters. The smallest absolute Gasteiger partial charge is 0.254 e. The Morgan fingerprint density at radius 2 is 2.00 bits per heavy atom. The number of carbonyl (C=O) groups excluding carboxylic acids is 1. The van der Waals surface area contributed by atoms with Crippen LogP contribution in [0.3, 0.4) is 0 Å². The molecule has 0 aliphatic heterocycles. The van der Waals surface area contributed by atoms with Gasteiger partial charge >= 0.3 is 0 Å². The van der Waals surface area contributed by atoms with E-state index in [1.807, 2.05) is 6.92 Å². The van der Waals surface area contributed by atoms with E-state index in [0.717, 1.165) is 5.56 Å². The third-order valence-corrected chi connectivity index (χ3v) is 3.64. The predicted octanol–water partition coefficient (Wildman–Crippen LogP) is 4.53. The summed E-state index contributed by atoms with van der Waals surface area (Å²) in [6, 6.07) is 8.13. The number of pyridine rings is 1. The monoisotopic (exact) mass is 328 g/mol. The Kier molecular flexibility index (Phi) is 4.86. The lowest BCUT2D eigenvalue weighted by Crippen LogP contribution is -2.27. The summed E-state index contributed by atoms with van der Waals surface area (Å²) in [5.74, 6) is -0.304. The van der Waals surface area contributed by atoms with E-state index in [9.17, 15) is 4.79 Å². The fraction of sp³-hybridized carbons (Fsp3) is 0.143. The zero-order chi connectivity index (χ0) is 14.7. The molecule has 0 saturated heterocycles. The highest BCUT2D eigenvalue weighted by Gasteiger charge is 2.16. The van der Waals surface area contributed by atoms with Gasteiger partial charge in [0, 0.05) is 16.2 Å². The molecule has 0 radical (unpaired) electrons. The Balaban J connectivity index is 2.17. The van der Waals surface area contributed by atoms with Crippen molar-refractivity contribution in [3.63, 3.8) is 0 Å². The lowest BCUT2D eigenvalue weighted by molar-refractivity contribution is 0.0939. The molecule has 1 aromatic heterocycles. The number of halogens is 3. The van der Waals surface area contributed by atoms with Crippen LogP contribution >= 0.6 is 34.8 Å². The summed E-state index contributed by atoms with van der Waals surface area (Å²) in [6.45, 7) is 1.83. The average Bonchev–Trinajstić information content (AvgIpc) is 2.38. The van der Waals surface area contributed by atoms with Crippen molar-refractivity contribution in [3.8, 4) is 0 Å². The number of amides is 1. The van der Waals surface area contributed by atoms with Crippen LogP contribution < -0.4 is 5.32 Å². The Hall–Kier alpha value is -1.29. The zero-order valence-corrected chi connectivity index (χ0v) is 12.8. The zero-order valence-electron chi connectivity index (χ0n) is 10.5. The molecule has 2 aromatic rings. The van der Waals surface area contributed by atoms with Gasteiger partial charge in [-0.3, -0.25) is 4.79 Å². The van der Waals surface area contributed by atoms with Crippen molar-refractivity contribution in [1.82, 2.24) is 10.3 Å². The van der Waals surface area contributed by atoms with E-state index in [-0.39, 0.29) is 17.1 Å². The normalized spacial score (nSPS) is 12.0. The quantitative estimate of drug-likeness (QED) is 0.840. The minimum Gasteiger partial charge on any atom is -0.345 e. The molecule has 0 spiro atoms. The molecule has 0 aliphatic carbocycles. The fourth-order valence-corrected chi connectivity index (χ4v) is 2.54. The van der Waals surface area contributed by atoms with Crippen LogP contribution in [0.2, 0.25) is 15.2 Å². The molecular formula is C14H11Cl3N2O. The SMILES string of the molecule is CC(NC(=O)c1cccnc1Cl)c1ccc(Cl)cc1Cl. The van der Waals surface area contributed by atoms with Crippen LogP contribution in [0, 0.1) is 0 Å². The number of hydrogen-bond acceptors (Lipinski definition) is 2. The standard InChI is InChI=1S/C14H11Cl3N2O/c1-8(10-5-4-9(15)7-12(10)16)19-14(20)11-3-2-6-18-13(11)17/h2-8H,1H3,(H,19,20). The Morgan fingerprint density at radius 3 is 2.65 bits per heavy atom. The fourth-order valence-electron chi connectivity index (χ4n) is 1.76. The molecule has 0 saturated carbocycles. The number of hydrogen-bond donors (Lipinski definition) is 1. The van der Waals surface area contributed by atoms with Gasteiger partial charge in [0.1, 0.15) is 5.15 Å². The number of benzene rings is 1. The highest BCUT2D eigenvalue weighted by atomic mass is 35.5. The molecule has 104 valence electrons. The first-order valence-corrected chi connectivity index (χ1v) is 6.98.